The van der Waals surface area contributed by atoms with Crippen molar-refractivity contribution in [2.24, 2.45) is 5.73 Å². The summed E-state index contributed by atoms with van der Waals surface area (Å²) >= 11 is 3.04. The molecule has 0 aliphatic rings. The van der Waals surface area contributed by atoms with Crippen molar-refractivity contribution in [3.8, 4) is 0 Å². The molecule has 6 heteroatoms. The van der Waals surface area contributed by atoms with E-state index in [0.717, 1.165) is 5.56 Å². The molecule has 0 unspecified atom stereocenters. The molecule has 0 aliphatic heterocycles. The minimum Gasteiger partial charge on any atom is -0.480 e. The lowest BCUT2D eigenvalue weighted by Crippen LogP contribution is -2.32. The minimum atomic E-state index is -1.03. The predicted octanol–water partition coefficient (Wildman–Crippen LogP) is 0.974. The number of aliphatic carboxylic acids is 1. The van der Waals surface area contributed by atoms with E-state index in [-0.39, 0.29) is 17.7 Å². The Labute approximate surface area is 107 Å². The Morgan fingerprint density at radius 2 is 1.94 bits per heavy atom. The smallest absolute Gasteiger partial charge is 0.320 e. The molecule has 0 aliphatic carbocycles. The number of halogens is 1. The molecule has 92 valence electrons. The van der Waals surface area contributed by atoms with Gasteiger partial charge in [-0.25, -0.2) is 0 Å². The van der Waals surface area contributed by atoms with E-state index in [1.54, 1.807) is 24.3 Å². The number of anilines is 1. The summed E-state index contributed by atoms with van der Waals surface area (Å²) in [6.45, 7) is 0. The summed E-state index contributed by atoms with van der Waals surface area (Å²) in [6.07, 6.45) is 0.266. The SMILES string of the molecule is N[C@@H](Cc1ccc(NC(=O)CBr)cc1)C(=O)O. The molecule has 0 saturated carbocycles. The van der Waals surface area contributed by atoms with Crippen LogP contribution in [-0.4, -0.2) is 28.4 Å². The minimum absolute atomic E-state index is 0.139. The Morgan fingerprint density at radius 3 is 2.41 bits per heavy atom. The number of carbonyl (C=O) groups is 2. The molecule has 4 N–H and O–H groups in total. The van der Waals surface area contributed by atoms with Crippen LogP contribution in [0.5, 0.6) is 0 Å². The van der Waals surface area contributed by atoms with Gasteiger partial charge in [-0.1, -0.05) is 28.1 Å². The average molecular weight is 301 g/mol. The second kappa shape index (κ2) is 6.36. The number of amides is 1. The van der Waals surface area contributed by atoms with Crippen molar-refractivity contribution in [1.29, 1.82) is 0 Å². The lowest BCUT2D eigenvalue weighted by atomic mass is 10.1. The van der Waals surface area contributed by atoms with Gasteiger partial charge >= 0.3 is 5.97 Å². The van der Waals surface area contributed by atoms with Crippen molar-refractivity contribution in [2.75, 3.05) is 10.6 Å². The van der Waals surface area contributed by atoms with Crippen molar-refractivity contribution in [3.63, 3.8) is 0 Å². The number of nitrogens with one attached hydrogen (secondary N) is 1. The van der Waals surface area contributed by atoms with Crippen molar-refractivity contribution >= 4 is 33.5 Å². The number of nitrogens with two attached hydrogens (primary N) is 1. The number of hydrogen-bond acceptors (Lipinski definition) is 3. The quantitative estimate of drug-likeness (QED) is 0.707. The lowest BCUT2D eigenvalue weighted by Gasteiger charge is -2.07. The largest absolute Gasteiger partial charge is 0.480 e. The van der Waals surface area contributed by atoms with Crippen molar-refractivity contribution in [3.05, 3.63) is 29.8 Å². The van der Waals surface area contributed by atoms with Crippen LogP contribution in [0.4, 0.5) is 5.69 Å². The Kier molecular flexibility index (Phi) is 5.11. The highest BCUT2D eigenvalue weighted by atomic mass is 79.9. The molecule has 1 aromatic rings. The number of carboxylic acids is 1. The Balaban J connectivity index is 2.62. The molecule has 0 radical (unpaired) electrons. The summed E-state index contributed by atoms with van der Waals surface area (Å²) < 4.78 is 0. The number of rotatable bonds is 5. The van der Waals surface area contributed by atoms with E-state index in [1.165, 1.54) is 0 Å². The second-order valence-corrected chi connectivity index (χ2v) is 4.09. The normalized spacial score (nSPS) is 11.9. The molecule has 1 amide bonds. The summed E-state index contributed by atoms with van der Waals surface area (Å²) in [4.78, 5) is 21.6. The fraction of sp³-hybridized carbons (Fsp3) is 0.273. The molecule has 0 spiro atoms. The maximum atomic E-state index is 11.1. The number of carbonyl (C=O) groups excluding carboxylic acids is 1. The van der Waals surface area contributed by atoms with Gasteiger partial charge in [-0.2, -0.15) is 0 Å². The highest BCUT2D eigenvalue weighted by Crippen LogP contribution is 2.11. The van der Waals surface area contributed by atoms with E-state index in [9.17, 15) is 9.59 Å². The highest BCUT2D eigenvalue weighted by Gasteiger charge is 2.11. The van der Waals surface area contributed by atoms with Gasteiger partial charge in [0.1, 0.15) is 6.04 Å². The molecule has 0 aromatic heterocycles. The third-order valence-electron chi connectivity index (χ3n) is 2.13. The molecule has 0 bridgehead atoms. The first kappa shape index (κ1) is 13.7. The van der Waals surface area contributed by atoms with Crippen LogP contribution in [0.1, 0.15) is 5.56 Å². The fourth-order valence-corrected chi connectivity index (χ4v) is 1.40. The van der Waals surface area contributed by atoms with E-state index in [0.29, 0.717) is 5.69 Å². The van der Waals surface area contributed by atoms with Gasteiger partial charge in [0.25, 0.3) is 0 Å². The molecule has 1 atom stereocenters. The number of benzene rings is 1. The van der Waals surface area contributed by atoms with Crippen LogP contribution in [0.25, 0.3) is 0 Å². The van der Waals surface area contributed by atoms with Gasteiger partial charge in [0, 0.05) is 5.69 Å². The highest BCUT2D eigenvalue weighted by molar-refractivity contribution is 9.09. The molecule has 5 nitrogen and oxygen atoms in total. The molecular weight excluding hydrogens is 288 g/mol. The van der Waals surface area contributed by atoms with E-state index in [1.807, 2.05) is 0 Å². The Morgan fingerprint density at radius 1 is 1.35 bits per heavy atom. The van der Waals surface area contributed by atoms with Crippen molar-refractivity contribution in [2.45, 2.75) is 12.5 Å². The molecule has 0 fully saturated rings. The average Bonchev–Trinajstić information content (AvgIpc) is 2.31. The van der Waals surface area contributed by atoms with E-state index in [2.05, 4.69) is 21.2 Å². The molecule has 0 heterocycles. The number of hydrogen-bond donors (Lipinski definition) is 3. The first-order chi connectivity index (χ1) is 8.02. The first-order valence-electron chi connectivity index (χ1n) is 4.96. The van der Waals surface area contributed by atoms with Gasteiger partial charge in [-0.15, -0.1) is 0 Å². The molecule has 1 aromatic carbocycles. The number of alkyl halides is 1. The van der Waals surface area contributed by atoms with E-state index >= 15 is 0 Å². The third-order valence-corrected chi connectivity index (χ3v) is 2.64. The molecule has 0 saturated heterocycles. The van der Waals surface area contributed by atoms with Gasteiger partial charge in [0.15, 0.2) is 0 Å². The van der Waals surface area contributed by atoms with Crippen LogP contribution in [-0.2, 0) is 16.0 Å². The predicted molar refractivity (Wildman–Crippen MR) is 68.2 cm³/mol. The summed E-state index contributed by atoms with van der Waals surface area (Å²) in [6, 6.07) is 6.01. The Bertz CT molecular complexity index is 406. The zero-order valence-corrected chi connectivity index (χ0v) is 10.6. The topological polar surface area (TPSA) is 92.4 Å². The van der Waals surface area contributed by atoms with Crippen LogP contribution in [0, 0.1) is 0 Å². The number of carboxylic acid groups (broad SMARTS) is 1. The summed E-state index contributed by atoms with van der Waals surface area (Å²) in [5.74, 6) is -1.17. The monoisotopic (exact) mass is 300 g/mol. The van der Waals surface area contributed by atoms with Crippen molar-refractivity contribution < 1.29 is 14.7 Å². The fourth-order valence-electron chi connectivity index (χ4n) is 1.26. The lowest BCUT2D eigenvalue weighted by molar-refractivity contribution is -0.138. The van der Waals surface area contributed by atoms with Crippen LogP contribution in [0.3, 0.4) is 0 Å². The second-order valence-electron chi connectivity index (χ2n) is 3.53. The van der Waals surface area contributed by atoms with E-state index in [4.69, 9.17) is 10.8 Å². The maximum absolute atomic E-state index is 11.1. The summed E-state index contributed by atoms with van der Waals surface area (Å²) in [7, 11) is 0. The zero-order valence-electron chi connectivity index (χ0n) is 9.02. The van der Waals surface area contributed by atoms with Gasteiger partial charge in [-0.05, 0) is 24.1 Å². The molecule has 1 rings (SSSR count). The van der Waals surface area contributed by atoms with Crippen LogP contribution < -0.4 is 11.1 Å². The van der Waals surface area contributed by atoms with Crippen LogP contribution >= 0.6 is 15.9 Å². The van der Waals surface area contributed by atoms with Gasteiger partial charge < -0.3 is 16.2 Å². The van der Waals surface area contributed by atoms with Crippen molar-refractivity contribution in [1.82, 2.24) is 0 Å². The molecule has 17 heavy (non-hydrogen) atoms. The van der Waals surface area contributed by atoms with E-state index < -0.39 is 12.0 Å². The molecular formula is C11H13BrN2O3. The Hall–Kier alpha value is -1.40. The maximum Gasteiger partial charge on any atom is 0.320 e. The van der Waals surface area contributed by atoms with Crippen LogP contribution in [0.2, 0.25) is 0 Å². The van der Waals surface area contributed by atoms with Gasteiger partial charge in [-0.3, -0.25) is 9.59 Å². The van der Waals surface area contributed by atoms with Gasteiger partial charge in [0.05, 0.1) is 5.33 Å². The van der Waals surface area contributed by atoms with Gasteiger partial charge in [0.2, 0.25) is 5.91 Å². The zero-order chi connectivity index (χ0) is 12.8. The standard InChI is InChI=1S/C11H13BrN2O3/c12-6-10(15)14-8-3-1-7(2-4-8)5-9(13)11(16)17/h1-4,9H,5-6,13H2,(H,14,15)(H,16,17)/t9-/m0/s1. The summed E-state index contributed by atoms with van der Waals surface area (Å²) in [5.41, 5.74) is 6.90. The first-order valence-corrected chi connectivity index (χ1v) is 6.08. The van der Waals surface area contributed by atoms with Crippen LogP contribution in [0.15, 0.2) is 24.3 Å². The summed E-state index contributed by atoms with van der Waals surface area (Å²) in [5, 5.41) is 11.6. The third kappa shape index (κ3) is 4.54.